The van der Waals surface area contributed by atoms with E-state index in [4.69, 9.17) is 10.6 Å². The van der Waals surface area contributed by atoms with Gasteiger partial charge in [-0.05, 0) is 19.8 Å². The topological polar surface area (TPSA) is 96.7 Å². The quantitative estimate of drug-likeness (QED) is 0.341. The lowest BCUT2D eigenvalue weighted by molar-refractivity contribution is -0.139. The van der Waals surface area contributed by atoms with Gasteiger partial charge in [-0.25, -0.2) is 5.84 Å². The summed E-state index contributed by atoms with van der Waals surface area (Å²) in [4.78, 5) is 26.0. The number of ether oxygens (including phenoxy) is 1. The maximum atomic E-state index is 12.3. The van der Waals surface area contributed by atoms with Crippen molar-refractivity contribution >= 4 is 11.8 Å². The molecule has 2 amide bonds. The Hall–Kier alpha value is -1.18. The largest absolute Gasteiger partial charge is 0.378 e. The zero-order valence-electron chi connectivity index (χ0n) is 12.1. The molecule has 1 saturated carbocycles. The SMILES string of the molecule is CC(C(=O)NN)C(C)N1CCOCC1C(=O)NC1CC1. The summed E-state index contributed by atoms with van der Waals surface area (Å²) in [5, 5.41) is 3.00. The number of hydrazine groups is 1. The number of morpholine rings is 1. The van der Waals surface area contributed by atoms with Gasteiger partial charge in [-0.15, -0.1) is 0 Å². The van der Waals surface area contributed by atoms with E-state index in [0.29, 0.717) is 25.8 Å². The minimum absolute atomic E-state index is 0.000549. The van der Waals surface area contributed by atoms with Crippen LogP contribution in [0.15, 0.2) is 0 Å². The molecule has 0 spiro atoms. The molecule has 0 radical (unpaired) electrons. The van der Waals surface area contributed by atoms with Crippen LogP contribution in [-0.2, 0) is 14.3 Å². The average molecular weight is 284 g/mol. The third kappa shape index (κ3) is 3.47. The molecular weight excluding hydrogens is 260 g/mol. The number of amides is 2. The van der Waals surface area contributed by atoms with Crippen molar-refractivity contribution in [2.75, 3.05) is 19.8 Å². The lowest BCUT2D eigenvalue weighted by Gasteiger charge is -2.40. The molecule has 1 saturated heterocycles. The predicted octanol–water partition coefficient (Wildman–Crippen LogP) is -1.02. The molecule has 7 heteroatoms. The number of rotatable bonds is 5. The van der Waals surface area contributed by atoms with Gasteiger partial charge in [0, 0.05) is 18.6 Å². The van der Waals surface area contributed by atoms with Crippen LogP contribution in [0.5, 0.6) is 0 Å². The summed E-state index contributed by atoms with van der Waals surface area (Å²) in [5.74, 6) is 4.69. The number of nitrogens with one attached hydrogen (secondary N) is 2. The van der Waals surface area contributed by atoms with Crippen LogP contribution in [0.2, 0.25) is 0 Å². The molecule has 0 aromatic heterocycles. The molecule has 114 valence electrons. The van der Waals surface area contributed by atoms with E-state index in [0.717, 1.165) is 12.8 Å². The first-order valence-corrected chi connectivity index (χ1v) is 7.19. The molecule has 3 atom stereocenters. The normalized spacial score (nSPS) is 26.6. The highest BCUT2D eigenvalue weighted by Gasteiger charge is 2.37. The van der Waals surface area contributed by atoms with Gasteiger partial charge in [0.1, 0.15) is 6.04 Å². The van der Waals surface area contributed by atoms with Crippen LogP contribution in [0.1, 0.15) is 26.7 Å². The minimum Gasteiger partial charge on any atom is -0.378 e. The van der Waals surface area contributed by atoms with Crippen molar-refractivity contribution in [1.29, 1.82) is 0 Å². The van der Waals surface area contributed by atoms with Crippen LogP contribution in [0, 0.1) is 5.92 Å². The standard InChI is InChI=1S/C13H24N4O3/c1-8(12(18)16-14)9(2)17-5-6-20-7-11(17)13(19)15-10-3-4-10/h8-11H,3-7,14H2,1-2H3,(H,15,19)(H,16,18). The first kappa shape index (κ1) is 15.2. The van der Waals surface area contributed by atoms with Gasteiger partial charge >= 0.3 is 0 Å². The number of carbonyl (C=O) groups excluding carboxylic acids is 2. The molecule has 2 rings (SSSR count). The molecule has 20 heavy (non-hydrogen) atoms. The van der Waals surface area contributed by atoms with Gasteiger partial charge in [0.2, 0.25) is 11.8 Å². The fourth-order valence-electron chi connectivity index (χ4n) is 2.49. The third-order valence-corrected chi connectivity index (χ3v) is 4.20. The Morgan fingerprint density at radius 3 is 2.65 bits per heavy atom. The van der Waals surface area contributed by atoms with E-state index in [1.54, 1.807) is 0 Å². The lowest BCUT2D eigenvalue weighted by atomic mass is 9.98. The smallest absolute Gasteiger partial charge is 0.239 e. The highest BCUT2D eigenvalue weighted by Crippen LogP contribution is 2.21. The molecule has 1 aliphatic carbocycles. The molecule has 0 aromatic carbocycles. The molecule has 0 aromatic rings. The maximum Gasteiger partial charge on any atom is 0.239 e. The second kappa shape index (κ2) is 6.51. The van der Waals surface area contributed by atoms with E-state index < -0.39 is 0 Å². The first-order chi connectivity index (χ1) is 9.54. The molecule has 4 N–H and O–H groups in total. The van der Waals surface area contributed by atoms with Crippen LogP contribution in [-0.4, -0.2) is 54.6 Å². The van der Waals surface area contributed by atoms with Crippen molar-refractivity contribution in [2.24, 2.45) is 11.8 Å². The number of nitrogens with two attached hydrogens (primary N) is 1. The van der Waals surface area contributed by atoms with Crippen LogP contribution in [0.25, 0.3) is 0 Å². The summed E-state index contributed by atoms with van der Waals surface area (Å²) < 4.78 is 5.42. The Bertz CT molecular complexity index is 373. The fraction of sp³-hybridized carbons (Fsp3) is 0.846. The number of carbonyl (C=O) groups is 2. The lowest BCUT2D eigenvalue weighted by Crippen LogP contribution is -2.59. The van der Waals surface area contributed by atoms with E-state index in [-0.39, 0.29) is 29.8 Å². The van der Waals surface area contributed by atoms with Gasteiger partial charge in [-0.2, -0.15) is 0 Å². The molecule has 2 fully saturated rings. The average Bonchev–Trinajstić information content (AvgIpc) is 3.28. The monoisotopic (exact) mass is 284 g/mol. The molecule has 3 unspecified atom stereocenters. The second-order valence-corrected chi connectivity index (χ2v) is 5.65. The molecule has 7 nitrogen and oxygen atoms in total. The Morgan fingerprint density at radius 2 is 2.05 bits per heavy atom. The summed E-state index contributed by atoms with van der Waals surface area (Å²) >= 11 is 0. The molecule has 2 aliphatic rings. The summed E-state index contributed by atoms with van der Waals surface area (Å²) in [6, 6.07) is -0.0730. The van der Waals surface area contributed by atoms with Crippen LogP contribution in [0.4, 0.5) is 0 Å². The number of nitrogens with zero attached hydrogens (tertiary/aromatic N) is 1. The zero-order chi connectivity index (χ0) is 14.7. The molecular formula is C13H24N4O3. The number of hydrogen-bond acceptors (Lipinski definition) is 5. The van der Waals surface area contributed by atoms with Crippen molar-refractivity contribution in [3.8, 4) is 0 Å². The van der Waals surface area contributed by atoms with Crippen LogP contribution >= 0.6 is 0 Å². The van der Waals surface area contributed by atoms with E-state index in [2.05, 4.69) is 10.7 Å². The van der Waals surface area contributed by atoms with Crippen molar-refractivity contribution in [2.45, 2.75) is 44.8 Å². The van der Waals surface area contributed by atoms with Crippen molar-refractivity contribution < 1.29 is 14.3 Å². The fourth-order valence-corrected chi connectivity index (χ4v) is 2.49. The van der Waals surface area contributed by atoms with Crippen molar-refractivity contribution in [3.05, 3.63) is 0 Å². The van der Waals surface area contributed by atoms with E-state index in [1.165, 1.54) is 0 Å². The Balaban J connectivity index is 2.01. The van der Waals surface area contributed by atoms with E-state index in [1.807, 2.05) is 18.7 Å². The van der Waals surface area contributed by atoms with E-state index >= 15 is 0 Å². The van der Waals surface area contributed by atoms with Crippen LogP contribution < -0.4 is 16.6 Å². The maximum absolute atomic E-state index is 12.3. The number of hydrogen-bond donors (Lipinski definition) is 3. The highest BCUT2D eigenvalue weighted by atomic mass is 16.5. The summed E-state index contributed by atoms with van der Waals surface area (Å²) in [5.41, 5.74) is 2.17. The third-order valence-electron chi connectivity index (χ3n) is 4.20. The van der Waals surface area contributed by atoms with Gasteiger partial charge in [0.05, 0.1) is 19.1 Å². The van der Waals surface area contributed by atoms with Gasteiger partial charge in [0.15, 0.2) is 0 Å². The zero-order valence-corrected chi connectivity index (χ0v) is 12.1. The predicted molar refractivity (Wildman–Crippen MR) is 73.4 cm³/mol. The van der Waals surface area contributed by atoms with Crippen molar-refractivity contribution in [1.82, 2.24) is 15.6 Å². The summed E-state index contributed by atoms with van der Waals surface area (Å²) in [6.07, 6.45) is 2.11. The van der Waals surface area contributed by atoms with Gasteiger partial charge < -0.3 is 10.1 Å². The minimum atomic E-state index is -0.327. The second-order valence-electron chi connectivity index (χ2n) is 5.65. The molecule has 0 bridgehead atoms. The summed E-state index contributed by atoms with van der Waals surface area (Å²) in [6.45, 7) is 5.36. The first-order valence-electron chi connectivity index (χ1n) is 7.19. The Morgan fingerprint density at radius 1 is 1.35 bits per heavy atom. The Labute approximate surface area is 119 Å². The highest BCUT2D eigenvalue weighted by molar-refractivity contribution is 5.83. The molecule has 1 aliphatic heterocycles. The van der Waals surface area contributed by atoms with Gasteiger partial charge in [0.25, 0.3) is 0 Å². The van der Waals surface area contributed by atoms with Crippen molar-refractivity contribution in [3.63, 3.8) is 0 Å². The van der Waals surface area contributed by atoms with E-state index in [9.17, 15) is 9.59 Å². The van der Waals surface area contributed by atoms with Gasteiger partial charge in [-0.1, -0.05) is 6.92 Å². The summed E-state index contributed by atoms with van der Waals surface area (Å²) in [7, 11) is 0. The van der Waals surface area contributed by atoms with Crippen LogP contribution in [0.3, 0.4) is 0 Å². The van der Waals surface area contributed by atoms with Gasteiger partial charge in [-0.3, -0.25) is 19.9 Å². The molecule has 1 heterocycles. The Kier molecular flexibility index (Phi) is 4.95.